The zero-order valence-electron chi connectivity index (χ0n) is 13.2. The van der Waals surface area contributed by atoms with E-state index in [1.807, 2.05) is 18.2 Å². The Bertz CT molecular complexity index is 670. The van der Waals surface area contributed by atoms with Crippen LogP contribution in [0.15, 0.2) is 36.8 Å². The Kier molecular flexibility index (Phi) is 4.36. The Hall–Kier alpha value is -2.12. The summed E-state index contributed by atoms with van der Waals surface area (Å²) in [6, 6.07) is 5.96. The van der Waals surface area contributed by atoms with Crippen molar-refractivity contribution < 1.29 is 13.9 Å². The summed E-state index contributed by atoms with van der Waals surface area (Å²) in [5, 5.41) is 0. The number of anilines is 1. The summed E-state index contributed by atoms with van der Waals surface area (Å²) in [5.74, 6) is 0.131. The number of fused-ring (bicyclic) bond motifs is 1. The van der Waals surface area contributed by atoms with Crippen LogP contribution in [0.25, 0.3) is 0 Å². The third-order valence-corrected chi connectivity index (χ3v) is 4.57. The first-order valence-corrected chi connectivity index (χ1v) is 8.18. The molecule has 0 radical (unpaired) electrons. The van der Waals surface area contributed by atoms with Gasteiger partial charge in [-0.15, -0.1) is 0 Å². The van der Waals surface area contributed by atoms with Gasteiger partial charge in [0.25, 0.3) is 0 Å². The molecule has 1 saturated heterocycles. The van der Waals surface area contributed by atoms with Gasteiger partial charge in [-0.25, -0.2) is 14.4 Å². The maximum atomic E-state index is 13.1. The van der Waals surface area contributed by atoms with Crippen LogP contribution in [-0.4, -0.2) is 46.4 Å². The van der Waals surface area contributed by atoms with Crippen LogP contribution in [0.1, 0.15) is 18.5 Å². The van der Waals surface area contributed by atoms with E-state index in [4.69, 9.17) is 9.47 Å². The van der Waals surface area contributed by atoms with Crippen molar-refractivity contribution in [3.63, 3.8) is 0 Å². The monoisotopic (exact) mass is 330 g/mol. The number of ether oxygens (including phenoxy) is 2. The molecule has 0 spiro atoms. The second-order valence-electron chi connectivity index (χ2n) is 6.05. The highest BCUT2D eigenvalue weighted by molar-refractivity contribution is 5.33. The fraction of sp³-hybridized carbons (Fsp3) is 0.471. The van der Waals surface area contributed by atoms with E-state index in [1.54, 1.807) is 6.20 Å². The molecule has 3 heterocycles. The van der Waals surface area contributed by atoms with Crippen molar-refractivity contribution in [2.75, 3.05) is 18.1 Å². The average molecular weight is 330 g/mol. The Balaban J connectivity index is 1.43. The Morgan fingerprint density at radius 2 is 2.08 bits per heavy atom. The van der Waals surface area contributed by atoms with E-state index < -0.39 is 5.82 Å². The minimum atomic E-state index is -0.424. The number of aromatic nitrogens is 3. The number of hydrogen-bond acceptors (Lipinski definition) is 6. The zero-order valence-corrected chi connectivity index (χ0v) is 13.2. The second kappa shape index (κ2) is 6.78. The van der Waals surface area contributed by atoms with E-state index >= 15 is 0 Å². The molecule has 0 unspecified atom stereocenters. The Labute approximate surface area is 139 Å². The van der Waals surface area contributed by atoms with Crippen LogP contribution < -0.4 is 4.90 Å². The lowest BCUT2D eigenvalue weighted by Crippen LogP contribution is -2.52. The molecular weight excluding hydrogens is 311 g/mol. The van der Waals surface area contributed by atoms with Crippen LogP contribution in [0, 0.1) is 5.82 Å². The topological polar surface area (TPSA) is 60.4 Å². The molecule has 0 aromatic carbocycles. The van der Waals surface area contributed by atoms with Gasteiger partial charge in [0.1, 0.15) is 6.10 Å². The summed E-state index contributed by atoms with van der Waals surface area (Å²) >= 11 is 0. The second-order valence-corrected chi connectivity index (χ2v) is 6.05. The highest BCUT2D eigenvalue weighted by atomic mass is 19.1. The molecule has 1 aliphatic heterocycles. The minimum absolute atomic E-state index is 0.0175. The lowest BCUT2D eigenvalue weighted by atomic mass is 10.1. The maximum Gasteiger partial charge on any atom is 0.225 e. The molecule has 0 N–H and O–H groups in total. The summed E-state index contributed by atoms with van der Waals surface area (Å²) in [4.78, 5) is 14.6. The fourth-order valence-electron chi connectivity index (χ4n) is 3.47. The molecule has 0 bridgehead atoms. The average Bonchev–Trinajstić information content (AvgIpc) is 3.05. The van der Waals surface area contributed by atoms with Gasteiger partial charge in [0.2, 0.25) is 5.95 Å². The summed E-state index contributed by atoms with van der Waals surface area (Å²) in [6.45, 7) is 1.77. The Morgan fingerprint density at radius 1 is 1.21 bits per heavy atom. The normalized spacial score (nSPS) is 26.4. The van der Waals surface area contributed by atoms with Gasteiger partial charge in [0.15, 0.2) is 5.82 Å². The van der Waals surface area contributed by atoms with Crippen LogP contribution in [0.2, 0.25) is 0 Å². The molecule has 3 atom stereocenters. The predicted octanol–water partition coefficient (Wildman–Crippen LogP) is 1.96. The quantitative estimate of drug-likeness (QED) is 0.854. The van der Waals surface area contributed by atoms with E-state index in [0.29, 0.717) is 25.7 Å². The van der Waals surface area contributed by atoms with E-state index in [1.165, 1.54) is 12.4 Å². The van der Waals surface area contributed by atoms with Crippen LogP contribution in [0.3, 0.4) is 0 Å². The number of nitrogens with zero attached hydrogens (tertiary/aromatic N) is 4. The van der Waals surface area contributed by atoms with Crippen LogP contribution in [0.5, 0.6) is 0 Å². The van der Waals surface area contributed by atoms with Gasteiger partial charge < -0.3 is 14.4 Å². The molecule has 1 saturated carbocycles. The number of hydrogen-bond donors (Lipinski definition) is 0. The lowest BCUT2D eigenvalue weighted by Gasteiger charge is -2.38. The zero-order chi connectivity index (χ0) is 16.4. The molecule has 4 rings (SSSR count). The molecule has 0 amide bonds. The molecule has 126 valence electrons. The molecular formula is C17H19FN4O2. The summed E-state index contributed by atoms with van der Waals surface area (Å²) in [7, 11) is 0. The molecule has 2 fully saturated rings. The van der Waals surface area contributed by atoms with Crippen LogP contribution >= 0.6 is 0 Å². The third kappa shape index (κ3) is 3.09. The maximum absolute atomic E-state index is 13.1. The molecule has 2 aromatic heterocycles. The highest BCUT2D eigenvalue weighted by Crippen LogP contribution is 2.34. The molecule has 6 nitrogen and oxygen atoms in total. The molecule has 1 aliphatic carbocycles. The summed E-state index contributed by atoms with van der Waals surface area (Å²) in [6.07, 6.45) is 6.04. The minimum Gasteiger partial charge on any atom is -0.372 e. The van der Waals surface area contributed by atoms with E-state index in [2.05, 4.69) is 19.9 Å². The van der Waals surface area contributed by atoms with Crippen molar-refractivity contribution in [3.8, 4) is 0 Å². The molecule has 2 aromatic rings. The largest absolute Gasteiger partial charge is 0.372 e. The van der Waals surface area contributed by atoms with E-state index in [9.17, 15) is 4.39 Å². The molecule has 7 heteroatoms. The van der Waals surface area contributed by atoms with Gasteiger partial charge in [-0.05, 0) is 25.0 Å². The standard InChI is InChI=1S/C17H19FN4O2/c18-12-9-20-17(21-10-12)22-7-8-23-16-14(22)4-5-15(16)24-11-13-3-1-2-6-19-13/h1-3,6,9-10,14-16H,4-5,7-8,11H2/t14-,15-,16-/m1/s1. The van der Waals surface area contributed by atoms with Crippen molar-refractivity contribution >= 4 is 5.95 Å². The van der Waals surface area contributed by atoms with E-state index in [-0.39, 0.29) is 18.2 Å². The van der Waals surface area contributed by atoms with Crippen molar-refractivity contribution in [3.05, 3.63) is 48.3 Å². The van der Waals surface area contributed by atoms with Gasteiger partial charge in [0.05, 0.1) is 43.4 Å². The lowest BCUT2D eigenvalue weighted by molar-refractivity contribution is -0.0778. The van der Waals surface area contributed by atoms with Crippen molar-refractivity contribution in [1.82, 2.24) is 15.0 Å². The molecule has 24 heavy (non-hydrogen) atoms. The number of rotatable bonds is 4. The Morgan fingerprint density at radius 3 is 2.88 bits per heavy atom. The van der Waals surface area contributed by atoms with Crippen molar-refractivity contribution in [2.24, 2.45) is 0 Å². The van der Waals surface area contributed by atoms with Crippen molar-refractivity contribution in [1.29, 1.82) is 0 Å². The first-order valence-electron chi connectivity index (χ1n) is 8.18. The first-order chi connectivity index (χ1) is 11.8. The third-order valence-electron chi connectivity index (χ3n) is 4.57. The predicted molar refractivity (Wildman–Crippen MR) is 84.9 cm³/mol. The van der Waals surface area contributed by atoms with E-state index in [0.717, 1.165) is 18.5 Å². The number of halogens is 1. The SMILES string of the molecule is Fc1cnc(N2CCO[C@@H]3[C@H]2CC[C@H]3OCc2ccccn2)nc1. The smallest absolute Gasteiger partial charge is 0.225 e. The fourth-order valence-corrected chi connectivity index (χ4v) is 3.47. The van der Waals surface area contributed by atoms with Gasteiger partial charge in [0, 0.05) is 12.7 Å². The van der Waals surface area contributed by atoms with Gasteiger partial charge in [-0.3, -0.25) is 4.98 Å². The molecule has 2 aliphatic rings. The van der Waals surface area contributed by atoms with Gasteiger partial charge in [-0.1, -0.05) is 6.07 Å². The van der Waals surface area contributed by atoms with Gasteiger partial charge in [-0.2, -0.15) is 0 Å². The van der Waals surface area contributed by atoms with Crippen molar-refractivity contribution in [2.45, 2.75) is 37.7 Å². The van der Waals surface area contributed by atoms with Crippen LogP contribution in [0.4, 0.5) is 10.3 Å². The summed E-state index contributed by atoms with van der Waals surface area (Å²) in [5.41, 5.74) is 0.912. The number of morpholine rings is 1. The summed E-state index contributed by atoms with van der Waals surface area (Å²) < 4.78 is 25.1. The number of pyridine rings is 1. The van der Waals surface area contributed by atoms with Gasteiger partial charge >= 0.3 is 0 Å². The van der Waals surface area contributed by atoms with Crippen LogP contribution in [-0.2, 0) is 16.1 Å². The highest BCUT2D eigenvalue weighted by Gasteiger charge is 2.44. The first kappa shape index (κ1) is 15.4.